The van der Waals surface area contributed by atoms with Crippen molar-refractivity contribution in [3.8, 4) is 0 Å². The van der Waals surface area contributed by atoms with E-state index >= 15 is 0 Å². The highest BCUT2D eigenvalue weighted by atomic mass is 16.6. The van der Waals surface area contributed by atoms with Crippen molar-refractivity contribution in [2.24, 2.45) is 0 Å². The van der Waals surface area contributed by atoms with E-state index in [-0.39, 0.29) is 6.42 Å². The van der Waals surface area contributed by atoms with Crippen LogP contribution in [0.4, 0.5) is 4.79 Å². The fraction of sp³-hybridized carbons (Fsp3) is 0.450. The second-order valence-corrected chi connectivity index (χ2v) is 6.76. The van der Waals surface area contributed by atoms with Gasteiger partial charge in [0.05, 0.1) is 19.6 Å². The van der Waals surface area contributed by atoms with Crippen molar-refractivity contribution in [1.29, 1.82) is 0 Å². The Morgan fingerprint density at radius 3 is 2.27 bits per heavy atom. The molecule has 2 amide bonds. The van der Waals surface area contributed by atoms with E-state index in [1.165, 1.54) is 7.11 Å². The van der Waals surface area contributed by atoms with Gasteiger partial charge in [0.1, 0.15) is 5.60 Å². The van der Waals surface area contributed by atoms with Crippen LogP contribution in [0.1, 0.15) is 50.9 Å². The van der Waals surface area contributed by atoms with E-state index in [0.29, 0.717) is 12.0 Å². The number of amides is 2. The summed E-state index contributed by atoms with van der Waals surface area (Å²) in [4.78, 5) is 38.6. The highest BCUT2D eigenvalue weighted by Crippen LogP contribution is 2.20. The van der Waals surface area contributed by atoms with E-state index in [9.17, 15) is 14.4 Å². The molecule has 0 heterocycles. The van der Waals surface area contributed by atoms with E-state index in [1.54, 1.807) is 63.3 Å². The maximum atomic E-state index is 13.0. The summed E-state index contributed by atoms with van der Waals surface area (Å²) in [6.07, 6.45) is 3.01. The summed E-state index contributed by atoms with van der Waals surface area (Å²) in [5.41, 5.74) is -0.434. The second kappa shape index (κ2) is 9.75. The number of hydrogen-bond acceptors (Lipinski definition) is 5. The van der Waals surface area contributed by atoms with E-state index in [2.05, 4.69) is 0 Å². The van der Waals surface area contributed by atoms with Gasteiger partial charge < -0.3 is 9.47 Å². The number of methoxy groups -OCH3 is 1. The van der Waals surface area contributed by atoms with E-state index in [1.807, 2.05) is 6.92 Å². The minimum Gasteiger partial charge on any atom is -0.469 e. The lowest BCUT2D eigenvalue weighted by molar-refractivity contribution is -0.141. The number of carbonyl (C=O) groups is 3. The van der Waals surface area contributed by atoms with Gasteiger partial charge in [0, 0.05) is 5.56 Å². The van der Waals surface area contributed by atoms with Crippen molar-refractivity contribution in [3.63, 3.8) is 0 Å². The van der Waals surface area contributed by atoms with Crippen LogP contribution >= 0.6 is 0 Å². The molecule has 0 aliphatic heterocycles. The highest BCUT2D eigenvalue weighted by molar-refractivity contribution is 6.03. The molecule has 6 nitrogen and oxygen atoms in total. The first-order valence-corrected chi connectivity index (χ1v) is 8.49. The Labute approximate surface area is 154 Å². The maximum absolute atomic E-state index is 13.0. The van der Waals surface area contributed by atoms with Gasteiger partial charge >= 0.3 is 12.1 Å². The Balaban J connectivity index is 3.27. The highest BCUT2D eigenvalue weighted by Gasteiger charge is 2.35. The molecule has 0 aliphatic carbocycles. The first-order chi connectivity index (χ1) is 12.2. The summed E-state index contributed by atoms with van der Waals surface area (Å²) < 4.78 is 10.1. The third kappa shape index (κ3) is 6.70. The number of esters is 1. The molecule has 0 saturated heterocycles. The van der Waals surface area contributed by atoms with Gasteiger partial charge in [0.25, 0.3) is 5.91 Å². The van der Waals surface area contributed by atoms with Crippen LogP contribution in [0.15, 0.2) is 42.5 Å². The van der Waals surface area contributed by atoms with Gasteiger partial charge in [-0.3, -0.25) is 9.59 Å². The van der Waals surface area contributed by atoms with Gasteiger partial charge in [0.2, 0.25) is 0 Å². The lowest BCUT2D eigenvalue weighted by Gasteiger charge is -2.31. The fourth-order valence-corrected chi connectivity index (χ4v) is 2.28. The largest absolute Gasteiger partial charge is 0.469 e. The molecule has 0 fully saturated rings. The van der Waals surface area contributed by atoms with Crippen LogP contribution in [0.5, 0.6) is 0 Å². The third-order valence-corrected chi connectivity index (χ3v) is 3.47. The Hall–Kier alpha value is -2.63. The molecule has 0 aliphatic rings. The average molecular weight is 361 g/mol. The van der Waals surface area contributed by atoms with E-state index < -0.39 is 29.6 Å². The van der Waals surface area contributed by atoms with Gasteiger partial charge in [-0.25, -0.2) is 9.69 Å². The van der Waals surface area contributed by atoms with Crippen LogP contribution < -0.4 is 0 Å². The number of nitrogens with zero attached hydrogens (tertiary/aromatic N) is 1. The fourth-order valence-electron chi connectivity index (χ4n) is 2.28. The number of benzene rings is 1. The lowest BCUT2D eigenvalue weighted by Crippen LogP contribution is -2.47. The predicted molar refractivity (Wildman–Crippen MR) is 98.7 cm³/mol. The summed E-state index contributed by atoms with van der Waals surface area (Å²) in [5, 5.41) is 0. The van der Waals surface area contributed by atoms with Crippen LogP contribution in [0, 0.1) is 0 Å². The molecule has 1 aromatic carbocycles. The van der Waals surface area contributed by atoms with Crippen LogP contribution in [-0.4, -0.2) is 41.6 Å². The smallest absolute Gasteiger partial charge is 0.417 e. The number of hydrogen-bond donors (Lipinski definition) is 0. The van der Waals surface area contributed by atoms with Gasteiger partial charge in [-0.1, -0.05) is 30.4 Å². The Morgan fingerprint density at radius 2 is 1.77 bits per heavy atom. The molecule has 0 saturated carbocycles. The third-order valence-electron chi connectivity index (χ3n) is 3.47. The minimum atomic E-state index is -0.787. The molecule has 1 aromatic rings. The van der Waals surface area contributed by atoms with Crippen molar-refractivity contribution in [2.75, 3.05) is 7.11 Å². The number of allylic oxidation sites excluding steroid dienone is 1. The summed E-state index contributed by atoms with van der Waals surface area (Å²) in [6.45, 7) is 6.98. The topological polar surface area (TPSA) is 72.9 Å². The maximum Gasteiger partial charge on any atom is 0.417 e. The number of imide groups is 1. The van der Waals surface area contributed by atoms with Crippen molar-refractivity contribution in [1.82, 2.24) is 4.90 Å². The summed E-state index contributed by atoms with van der Waals surface area (Å²) in [6, 6.07) is 7.72. The Bertz CT molecular complexity index is 646. The molecule has 1 rings (SSSR count). The van der Waals surface area contributed by atoms with Crippen LogP contribution in [-0.2, 0) is 14.3 Å². The van der Waals surface area contributed by atoms with Crippen molar-refractivity contribution >= 4 is 18.0 Å². The molecule has 1 atom stereocenters. The molecular weight excluding hydrogens is 334 g/mol. The zero-order chi connectivity index (χ0) is 19.7. The summed E-state index contributed by atoms with van der Waals surface area (Å²) >= 11 is 0. The van der Waals surface area contributed by atoms with Gasteiger partial charge in [-0.2, -0.15) is 0 Å². The van der Waals surface area contributed by atoms with E-state index in [0.717, 1.165) is 4.90 Å². The summed E-state index contributed by atoms with van der Waals surface area (Å²) in [5.74, 6) is -1.02. The molecule has 0 aromatic heterocycles. The normalized spacial score (nSPS) is 12.5. The van der Waals surface area contributed by atoms with Crippen LogP contribution in [0.25, 0.3) is 0 Å². The van der Waals surface area contributed by atoms with E-state index in [4.69, 9.17) is 9.47 Å². The molecule has 0 N–H and O–H groups in total. The van der Waals surface area contributed by atoms with Crippen molar-refractivity contribution in [2.45, 2.75) is 52.2 Å². The van der Waals surface area contributed by atoms with Crippen LogP contribution in [0.2, 0.25) is 0 Å². The van der Waals surface area contributed by atoms with Gasteiger partial charge in [-0.15, -0.1) is 0 Å². The quantitative estimate of drug-likeness (QED) is 0.566. The number of carbonyl (C=O) groups excluding carboxylic acids is 3. The van der Waals surface area contributed by atoms with Crippen molar-refractivity contribution in [3.05, 3.63) is 48.0 Å². The Morgan fingerprint density at radius 1 is 1.15 bits per heavy atom. The molecular formula is C20H27NO5. The number of rotatable bonds is 6. The monoisotopic (exact) mass is 361 g/mol. The SMILES string of the molecule is C/C=C/CC(CC(=O)OC)N(C(=O)OC(C)(C)C)C(=O)c1ccccc1. The standard InChI is InChI=1S/C20H27NO5/c1-6-7-13-16(14-17(22)25-5)21(19(24)26-20(2,3)4)18(23)15-11-9-8-10-12-15/h6-12,16H,13-14H2,1-5H3/b7-6+. The molecule has 6 heteroatoms. The van der Waals surface area contributed by atoms with Gasteiger partial charge in [-0.05, 0) is 46.2 Å². The molecule has 142 valence electrons. The molecule has 0 spiro atoms. The molecule has 26 heavy (non-hydrogen) atoms. The Kier molecular flexibility index (Phi) is 8.03. The lowest BCUT2D eigenvalue weighted by atomic mass is 10.1. The molecule has 0 bridgehead atoms. The average Bonchev–Trinajstić information content (AvgIpc) is 2.58. The molecule has 0 radical (unpaired) electrons. The first-order valence-electron chi connectivity index (χ1n) is 8.49. The second-order valence-electron chi connectivity index (χ2n) is 6.76. The van der Waals surface area contributed by atoms with Crippen molar-refractivity contribution < 1.29 is 23.9 Å². The molecule has 1 unspecified atom stereocenters. The van der Waals surface area contributed by atoms with Gasteiger partial charge in [0.15, 0.2) is 0 Å². The predicted octanol–water partition coefficient (Wildman–Crippen LogP) is 3.96. The zero-order valence-corrected chi connectivity index (χ0v) is 16.0. The van der Waals surface area contributed by atoms with Crippen LogP contribution in [0.3, 0.4) is 0 Å². The number of ether oxygens (including phenoxy) is 2. The first kappa shape index (κ1) is 21.4. The summed E-state index contributed by atoms with van der Waals surface area (Å²) in [7, 11) is 1.27. The zero-order valence-electron chi connectivity index (χ0n) is 16.0. The minimum absolute atomic E-state index is 0.112.